The zero-order valence-corrected chi connectivity index (χ0v) is 9.00. The molecule has 78 valence electrons. The minimum Gasteiger partial charge on any atom is -0.329 e. The Morgan fingerprint density at radius 3 is 2.77 bits per heavy atom. The molecule has 0 bridgehead atoms. The highest BCUT2D eigenvalue weighted by atomic mass is 15.1. The van der Waals surface area contributed by atoms with Crippen LogP contribution in [0, 0.1) is 5.92 Å². The third kappa shape index (κ3) is 4.07. The lowest BCUT2D eigenvalue weighted by Gasteiger charge is -2.17. The summed E-state index contributed by atoms with van der Waals surface area (Å²) in [6.45, 7) is 5.58. The average molecular weight is 185 g/mol. The Balaban J connectivity index is 2.05. The standard InChI is InChI=1S/C10H23N3/c1-12(8-5-11)6-3-10-4-7-13(2)9-10/h10H,3-9,11H2,1-2H3. The van der Waals surface area contributed by atoms with E-state index < -0.39 is 0 Å². The summed E-state index contributed by atoms with van der Waals surface area (Å²) >= 11 is 0. The van der Waals surface area contributed by atoms with Crippen LogP contribution >= 0.6 is 0 Å². The molecule has 2 N–H and O–H groups in total. The number of likely N-dealkylation sites (tertiary alicyclic amines) is 1. The lowest BCUT2D eigenvalue weighted by molar-refractivity contribution is 0.303. The Morgan fingerprint density at radius 2 is 2.23 bits per heavy atom. The third-order valence-electron chi connectivity index (χ3n) is 2.92. The zero-order chi connectivity index (χ0) is 9.68. The first-order valence-electron chi connectivity index (χ1n) is 5.29. The smallest absolute Gasteiger partial charge is 0.0102 e. The Labute approximate surface area is 81.9 Å². The minimum absolute atomic E-state index is 0.779. The van der Waals surface area contributed by atoms with Crippen molar-refractivity contribution in [2.45, 2.75) is 12.8 Å². The van der Waals surface area contributed by atoms with Crippen molar-refractivity contribution < 1.29 is 0 Å². The van der Waals surface area contributed by atoms with E-state index in [0.29, 0.717) is 0 Å². The van der Waals surface area contributed by atoms with Gasteiger partial charge in [-0.2, -0.15) is 0 Å². The van der Waals surface area contributed by atoms with Gasteiger partial charge in [0.2, 0.25) is 0 Å². The van der Waals surface area contributed by atoms with Gasteiger partial charge in [0.1, 0.15) is 0 Å². The summed E-state index contributed by atoms with van der Waals surface area (Å²) < 4.78 is 0. The van der Waals surface area contributed by atoms with Crippen LogP contribution in [0.5, 0.6) is 0 Å². The van der Waals surface area contributed by atoms with Crippen molar-refractivity contribution in [2.24, 2.45) is 11.7 Å². The quantitative estimate of drug-likeness (QED) is 0.665. The maximum atomic E-state index is 5.49. The molecule has 1 unspecified atom stereocenters. The molecule has 3 nitrogen and oxygen atoms in total. The Bertz CT molecular complexity index is 138. The first kappa shape index (κ1) is 11.0. The lowest BCUT2D eigenvalue weighted by Crippen LogP contribution is -2.28. The molecule has 1 aliphatic heterocycles. The Kier molecular flexibility index (Phi) is 4.70. The number of likely N-dealkylation sites (N-methyl/N-ethyl adjacent to an activating group) is 1. The summed E-state index contributed by atoms with van der Waals surface area (Å²) in [7, 11) is 4.37. The van der Waals surface area contributed by atoms with E-state index in [1.54, 1.807) is 0 Å². The highest BCUT2D eigenvalue weighted by Gasteiger charge is 2.18. The molecule has 1 heterocycles. The summed E-state index contributed by atoms with van der Waals surface area (Å²) in [6.07, 6.45) is 2.72. The van der Waals surface area contributed by atoms with E-state index in [4.69, 9.17) is 5.73 Å². The van der Waals surface area contributed by atoms with Crippen molar-refractivity contribution in [3.63, 3.8) is 0 Å². The van der Waals surface area contributed by atoms with Crippen molar-refractivity contribution in [3.8, 4) is 0 Å². The van der Waals surface area contributed by atoms with Crippen LogP contribution in [0.4, 0.5) is 0 Å². The van der Waals surface area contributed by atoms with Crippen molar-refractivity contribution in [1.82, 2.24) is 9.80 Å². The van der Waals surface area contributed by atoms with Crippen LogP contribution in [-0.4, -0.2) is 56.6 Å². The largest absolute Gasteiger partial charge is 0.329 e. The molecule has 0 spiro atoms. The second kappa shape index (κ2) is 5.58. The van der Waals surface area contributed by atoms with Crippen molar-refractivity contribution in [2.75, 3.05) is 46.8 Å². The molecule has 3 heteroatoms. The summed E-state index contributed by atoms with van der Waals surface area (Å²) in [5.41, 5.74) is 5.49. The first-order valence-corrected chi connectivity index (χ1v) is 5.29. The second-order valence-electron chi connectivity index (χ2n) is 4.30. The fourth-order valence-corrected chi connectivity index (χ4v) is 2.00. The van der Waals surface area contributed by atoms with Gasteiger partial charge in [-0.25, -0.2) is 0 Å². The van der Waals surface area contributed by atoms with Gasteiger partial charge in [0.05, 0.1) is 0 Å². The minimum atomic E-state index is 0.779. The Hall–Kier alpha value is -0.120. The van der Waals surface area contributed by atoms with Crippen molar-refractivity contribution >= 4 is 0 Å². The van der Waals surface area contributed by atoms with Crippen molar-refractivity contribution in [1.29, 1.82) is 0 Å². The topological polar surface area (TPSA) is 32.5 Å². The molecule has 13 heavy (non-hydrogen) atoms. The summed E-state index contributed by atoms with van der Waals surface area (Å²) in [5, 5.41) is 0. The van der Waals surface area contributed by atoms with Crippen LogP contribution < -0.4 is 5.73 Å². The van der Waals surface area contributed by atoms with E-state index in [0.717, 1.165) is 19.0 Å². The molecule has 0 aromatic carbocycles. The van der Waals surface area contributed by atoms with E-state index in [9.17, 15) is 0 Å². The van der Waals surface area contributed by atoms with E-state index >= 15 is 0 Å². The molecule has 1 fully saturated rings. The van der Waals surface area contributed by atoms with Gasteiger partial charge in [0, 0.05) is 19.6 Å². The monoisotopic (exact) mass is 185 g/mol. The van der Waals surface area contributed by atoms with Crippen LogP contribution in [0.2, 0.25) is 0 Å². The van der Waals surface area contributed by atoms with Crippen LogP contribution in [-0.2, 0) is 0 Å². The van der Waals surface area contributed by atoms with Gasteiger partial charge in [-0.05, 0) is 45.9 Å². The maximum absolute atomic E-state index is 5.49. The number of nitrogens with two attached hydrogens (primary N) is 1. The second-order valence-corrected chi connectivity index (χ2v) is 4.30. The van der Waals surface area contributed by atoms with Gasteiger partial charge in [-0.3, -0.25) is 0 Å². The molecule has 1 saturated heterocycles. The maximum Gasteiger partial charge on any atom is 0.0102 e. The van der Waals surface area contributed by atoms with Crippen LogP contribution in [0.1, 0.15) is 12.8 Å². The number of rotatable bonds is 5. The molecule has 0 aromatic heterocycles. The normalized spacial score (nSPS) is 24.5. The van der Waals surface area contributed by atoms with Gasteiger partial charge in [0.25, 0.3) is 0 Å². The van der Waals surface area contributed by atoms with Gasteiger partial charge >= 0.3 is 0 Å². The van der Waals surface area contributed by atoms with E-state index in [2.05, 4.69) is 23.9 Å². The predicted octanol–water partition coefficient (Wildman–Crippen LogP) is 0.219. The molecule has 0 amide bonds. The average Bonchev–Trinajstić information content (AvgIpc) is 2.49. The fraction of sp³-hybridized carbons (Fsp3) is 1.00. The fourth-order valence-electron chi connectivity index (χ4n) is 2.00. The molecule has 1 aliphatic rings. The van der Waals surface area contributed by atoms with Crippen LogP contribution in [0.3, 0.4) is 0 Å². The summed E-state index contributed by atoms with van der Waals surface area (Å²) in [4.78, 5) is 4.76. The van der Waals surface area contributed by atoms with Crippen molar-refractivity contribution in [3.05, 3.63) is 0 Å². The molecule has 0 aliphatic carbocycles. The van der Waals surface area contributed by atoms with Gasteiger partial charge in [-0.1, -0.05) is 0 Å². The zero-order valence-electron chi connectivity index (χ0n) is 9.00. The van der Waals surface area contributed by atoms with Gasteiger partial charge in [-0.15, -0.1) is 0 Å². The van der Waals surface area contributed by atoms with Gasteiger partial charge < -0.3 is 15.5 Å². The van der Waals surface area contributed by atoms with E-state index in [1.807, 2.05) is 0 Å². The lowest BCUT2D eigenvalue weighted by atomic mass is 10.1. The molecule has 0 saturated carbocycles. The molecule has 1 atom stereocenters. The van der Waals surface area contributed by atoms with Crippen LogP contribution in [0.15, 0.2) is 0 Å². The SMILES string of the molecule is CN(CCN)CCC1CCN(C)C1. The number of nitrogens with zero attached hydrogens (tertiary/aromatic N) is 2. The summed E-state index contributed by atoms with van der Waals surface area (Å²) in [5.74, 6) is 0.922. The van der Waals surface area contributed by atoms with E-state index in [-0.39, 0.29) is 0 Å². The highest BCUT2D eigenvalue weighted by molar-refractivity contribution is 4.73. The molecular weight excluding hydrogens is 162 g/mol. The molecule has 0 aromatic rings. The highest BCUT2D eigenvalue weighted by Crippen LogP contribution is 2.17. The molecular formula is C10H23N3. The summed E-state index contributed by atoms with van der Waals surface area (Å²) in [6, 6.07) is 0. The first-order chi connectivity index (χ1) is 6.22. The number of hydrogen-bond acceptors (Lipinski definition) is 3. The number of hydrogen-bond donors (Lipinski definition) is 1. The van der Waals surface area contributed by atoms with Crippen LogP contribution in [0.25, 0.3) is 0 Å². The van der Waals surface area contributed by atoms with Gasteiger partial charge in [0.15, 0.2) is 0 Å². The van der Waals surface area contributed by atoms with E-state index in [1.165, 1.54) is 32.5 Å². The molecule has 1 rings (SSSR count). The molecule has 0 radical (unpaired) electrons. The predicted molar refractivity (Wildman–Crippen MR) is 56.8 cm³/mol. The Morgan fingerprint density at radius 1 is 1.46 bits per heavy atom. The third-order valence-corrected chi connectivity index (χ3v) is 2.92.